The maximum Gasteiger partial charge on any atom is 0.334 e. The molecule has 138 valence electrons. The van der Waals surface area contributed by atoms with Gasteiger partial charge >= 0.3 is 5.69 Å². The van der Waals surface area contributed by atoms with Crippen LogP contribution in [0.1, 0.15) is 0 Å². The molecule has 0 atom stereocenters. The minimum absolute atomic E-state index is 0.332. The van der Waals surface area contributed by atoms with Crippen LogP contribution in [0.25, 0.3) is 5.69 Å². The zero-order valence-electron chi connectivity index (χ0n) is 14.6. The average Bonchev–Trinajstić information content (AvgIpc) is 2.70. The monoisotopic (exact) mass is 426 g/mol. The van der Waals surface area contributed by atoms with Crippen molar-refractivity contribution in [2.45, 2.75) is 0 Å². The Hall–Kier alpha value is -2.80. The summed E-state index contributed by atoms with van der Waals surface area (Å²) in [6.07, 6.45) is 0. The Labute approximate surface area is 164 Å². The van der Waals surface area contributed by atoms with Crippen molar-refractivity contribution in [1.82, 2.24) is 9.55 Å². The predicted octanol–water partition coefficient (Wildman–Crippen LogP) is 2.61. The molecule has 1 aliphatic heterocycles. The molecule has 0 aliphatic carbocycles. The van der Waals surface area contributed by atoms with E-state index in [1.165, 1.54) is 11.8 Å². The molecule has 0 bridgehead atoms. The van der Waals surface area contributed by atoms with Gasteiger partial charge < -0.3 is 9.80 Å². The molecule has 0 spiro atoms. The van der Waals surface area contributed by atoms with Gasteiger partial charge in [-0.15, -0.1) is 0 Å². The van der Waals surface area contributed by atoms with Crippen LogP contribution in [0.2, 0.25) is 0 Å². The fraction of sp³-hybridized carbons (Fsp3) is 0.200. The van der Waals surface area contributed by atoms with Crippen LogP contribution in [0.15, 0.2) is 74.7 Å². The van der Waals surface area contributed by atoms with Crippen LogP contribution in [-0.2, 0) is 0 Å². The second-order valence-electron chi connectivity index (χ2n) is 6.42. The van der Waals surface area contributed by atoms with Gasteiger partial charge in [0.2, 0.25) is 0 Å². The summed E-state index contributed by atoms with van der Waals surface area (Å²) >= 11 is 3.36. The highest BCUT2D eigenvalue weighted by Gasteiger charge is 2.19. The summed E-state index contributed by atoms with van der Waals surface area (Å²) in [5, 5.41) is 0. The van der Waals surface area contributed by atoms with E-state index >= 15 is 0 Å². The van der Waals surface area contributed by atoms with Gasteiger partial charge in [-0.1, -0.05) is 34.1 Å². The van der Waals surface area contributed by atoms with Gasteiger partial charge in [-0.05, 0) is 36.4 Å². The van der Waals surface area contributed by atoms with Gasteiger partial charge in [-0.2, -0.15) is 0 Å². The summed E-state index contributed by atoms with van der Waals surface area (Å²) < 4.78 is 2.04. The molecule has 2 aromatic carbocycles. The molecule has 2 heterocycles. The number of nitrogens with zero attached hydrogens (tertiary/aromatic N) is 3. The normalized spacial score (nSPS) is 14.4. The number of aromatic amines is 1. The third-order valence-corrected chi connectivity index (χ3v) is 5.27. The number of anilines is 2. The predicted molar refractivity (Wildman–Crippen MR) is 111 cm³/mol. The number of benzene rings is 2. The van der Waals surface area contributed by atoms with Gasteiger partial charge in [0, 0.05) is 42.4 Å². The smallest absolute Gasteiger partial charge is 0.334 e. The highest BCUT2D eigenvalue weighted by atomic mass is 79.9. The summed E-state index contributed by atoms with van der Waals surface area (Å²) in [4.78, 5) is 32.3. The summed E-state index contributed by atoms with van der Waals surface area (Å²) in [6, 6.07) is 18.8. The van der Waals surface area contributed by atoms with Gasteiger partial charge in [0.15, 0.2) is 0 Å². The van der Waals surface area contributed by atoms with E-state index in [0.29, 0.717) is 11.5 Å². The Kier molecular flexibility index (Phi) is 4.85. The molecule has 1 N–H and O–H groups in total. The average molecular weight is 427 g/mol. The number of rotatable bonds is 3. The zero-order chi connectivity index (χ0) is 18.8. The lowest BCUT2D eigenvalue weighted by molar-refractivity contribution is 0.643. The van der Waals surface area contributed by atoms with E-state index in [2.05, 4.69) is 37.9 Å². The first kappa shape index (κ1) is 17.6. The fourth-order valence-electron chi connectivity index (χ4n) is 3.33. The molecule has 3 aromatic rings. The number of aromatic nitrogens is 2. The van der Waals surface area contributed by atoms with Crippen molar-refractivity contribution >= 4 is 27.4 Å². The molecule has 4 rings (SSSR count). The van der Waals surface area contributed by atoms with Crippen LogP contribution < -0.4 is 21.0 Å². The van der Waals surface area contributed by atoms with E-state index in [1.54, 1.807) is 24.3 Å². The van der Waals surface area contributed by atoms with Crippen molar-refractivity contribution < 1.29 is 0 Å². The van der Waals surface area contributed by atoms with Gasteiger partial charge in [-0.25, -0.2) is 9.36 Å². The van der Waals surface area contributed by atoms with E-state index in [-0.39, 0.29) is 5.56 Å². The maximum atomic E-state index is 12.6. The van der Waals surface area contributed by atoms with Crippen LogP contribution in [0, 0.1) is 0 Å². The van der Waals surface area contributed by atoms with E-state index in [0.717, 1.165) is 35.2 Å². The Morgan fingerprint density at radius 1 is 0.778 bits per heavy atom. The number of nitrogens with one attached hydrogen (secondary N) is 1. The Balaban J connectivity index is 1.55. The lowest BCUT2D eigenvalue weighted by atomic mass is 10.2. The van der Waals surface area contributed by atoms with E-state index in [9.17, 15) is 9.59 Å². The Morgan fingerprint density at radius 3 is 2.04 bits per heavy atom. The summed E-state index contributed by atoms with van der Waals surface area (Å²) in [5.41, 5.74) is 0.980. The second-order valence-corrected chi connectivity index (χ2v) is 7.34. The van der Waals surface area contributed by atoms with E-state index in [1.807, 2.05) is 23.1 Å². The zero-order valence-corrected chi connectivity index (χ0v) is 16.2. The van der Waals surface area contributed by atoms with Crippen molar-refractivity contribution in [2.24, 2.45) is 0 Å². The standard InChI is InChI=1S/C20H19BrN4O2/c21-15-6-8-17(9-7-15)25-19(26)14-18(22-20(25)27)24-12-10-23(11-13-24)16-4-2-1-3-5-16/h1-9,14H,10-13H2,(H,22,27). The molecule has 1 aromatic heterocycles. The molecular formula is C20H19BrN4O2. The van der Waals surface area contributed by atoms with Crippen molar-refractivity contribution in [3.8, 4) is 5.69 Å². The minimum Gasteiger partial charge on any atom is -0.368 e. The molecule has 0 saturated carbocycles. The highest BCUT2D eigenvalue weighted by Crippen LogP contribution is 2.18. The van der Waals surface area contributed by atoms with E-state index in [4.69, 9.17) is 0 Å². The van der Waals surface area contributed by atoms with Crippen LogP contribution in [0.3, 0.4) is 0 Å². The molecule has 0 radical (unpaired) electrons. The fourth-order valence-corrected chi connectivity index (χ4v) is 3.60. The number of H-pyrrole nitrogens is 1. The number of piperazine rings is 1. The third-order valence-electron chi connectivity index (χ3n) is 4.75. The van der Waals surface area contributed by atoms with Crippen LogP contribution in [-0.4, -0.2) is 35.7 Å². The van der Waals surface area contributed by atoms with Crippen LogP contribution in [0.5, 0.6) is 0 Å². The lowest BCUT2D eigenvalue weighted by Gasteiger charge is -2.36. The Morgan fingerprint density at radius 2 is 1.41 bits per heavy atom. The summed E-state index contributed by atoms with van der Waals surface area (Å²) in [5.74, 6) is 0.575. The number of hydrogen-bond acceptors (Lipinski definition) is 4. The summed E-state index contributed by atoms with van der Waals surface area (Å²) in [6.45, 7) is 3.16. The van der Waals surface area contributed by atoms with Crippen LogP contribution >= 0.6 is 15.9 Å². The van der Waals surface area contributed by atoms with Gasteiger partial charge in [0.05, 0.1) is 5.69 Å². The van der Waals surface area contributed by atoms with Crippen molar-refractivity contribution in [3.63, 3.8) is 0 Å². The molecule has 1 saturated heterocycles. The summed E-state index contributed by atoms with van der Waals surface area (Å²) in [7, 11) is 0. The first-order valence-electron chi connectivity index (χ1n) is 8.79. The Bertz CT molecular complexity index is 1000. The van der Waals surface area contributed by atoms with E-state index < -0.39 is 5.69 Å². The lowest BCUT2D eigenvalue weighted by Crippen LogP contribution is -2.48. The SMILES string of the molecule is O=c1cc(N2CCN(c3ccccc3)CC2)[nH]c(=O)n1-c1ccc(Br)cc1. The number of hydrogen-bond donors (Lipinski definition) is 1. The first-order valence-corrected chi connectivity index (χ1v) is 9.58. The molecule has 1 aliphatic rings. The largest absolute Gasteiger partial charge is 0.368 e. The second kappa shape index (κ2) is 7.44. The molecule has 1 fully saturated rings. The molecule has 0 amide bonds. The van der Waals surface area contributed by atoms with Crippen molar-refractivity contribution in [1.29, 1.82) is 0 Å². The molecule has 27 heavy (non-hydrogen) atoms. The van der Waals surface area contributed by atoms with Crippen LogP contribution in [0.4, 0.5) is 11.5 Å². The van der Waals surface area contributed by atoms with Gasteiger partial charge in [-0.3, -0.25) is 9.78 Å². The minimum atomic E-state index is -0.426. The number of halogens is 1. The third kappa shape index (κ3) is 3.68. The van der Waals surface area contributed by atoms with Crippen molar-refractivity contribution in [3.05, 3.63) is 86.0 Å². The number of para-hydroxylation sites is 1. The molecular weight excluding hydrogens is 408 g/mol. The van der Waals surface area contributed by atoms with Gasteiger partial charge in [0.1, 0.15) is 5.82 Å². The molecule has 0 unspecified atom stereocenters. The van der Waals surface area contributed by atoms with Crippen molar-refractivity contribution in [2.75, 3.05) is 36.0 Å². The topological polar surface area (TPSA) is 61.3 Å². The van der Waals surface area contributed by atoms with Gasteiger partial charge in [0.25, 0.3) is 5.56 Å². The maximum absolute atomic E-state index is 12.6. The molecule has 7 heteroatoms. The highest BCUT2D eigenvalue weighted by molar-refractivity contribution is 9.10. The molecule has 6 nitrogen and oxygen atoms in total. The first-order chi connectivity index (χ1) is 13.1. The quantitative estimate of drug-likeness (QED) is 0.698.